The molecule has 0 spiro atoms. The van der Waals surface area contributed by atoms with Gasteiger partial charge in [0.05, 0.1) is 29.2 Å². The van der Waals surface area contributed by atoms with Crippen LogP contribution in [-0.4, -0.2) is 85.2 Å². The van der Waals surface area contributed by atoms with E-state index in [0.29, 0.717) is 18.2 Å². The largest absolute Gasteiger partial charge is 0.462 e. The third-order valence-corrected chi connectivity index (χ3v) is 5.50. The molecule has 206 valence electrons. The summed E-state index contributed by atoms with van der Waals surface area (Å²) in [5, 5.41) is 18.5. The van der Waals surface area contributed by atoms with Crippen molar-refractivity contribution in [1.82, 2.24) is 0 Å². The van der Waals surface area contributed by atoms with Crippen LogP contribution in [0.5, 0.6) is 0 Å². The number of hydrogen-bond donors (Lipinski definition) is 3. The lowest BCUT2D eigenvalue weighted by Crippen LogP contribution is -2.48. The summed E-state index contributed by atoms with van der Waals surface area (Å²) in [5.74, 6) is -3.22. The van der Waals surface area contributed by atoms with Gasteiger partial charge in [-0.2, -0.15) is 34.8 Å². The molecule has 0 amide bonds. The van der Waals surface area contributed by atoms with E-state index in [1.54, 1.807) is 0 Å². The highest BCUT2D eigenvalue weighted by molar-refractivity contribution is 7.85. The molecule has 3 N–H and O–H groups in total. The first-order chi connectivity index (χ1) is 16.2. The SMILES string of the molecule is O=C(OCCC(O)(CF)C(F)(F)F)c1cc(C(=O)OCCC(O)(CF)C(F)(F)F)cc(S(=O)(=O)O)c1. The van der Waals surface area contributed by atoms with Gasteiger partial charge in [0.1, 0.15) is 13.3 Å². The molecule has 0 saturated carbocycles. The van der Waals surface area contributed by atoms with Crippen molar-refractivity contribution in [2.45, 2.75) is 41.3 Å². The number of ether oxygens (including phenoxy) is 2. The van der Waals surface area contributed by atoms with Crippen molar-refractivity contribution >= 4 is 22.1 Å². The van der Waals surface area contributed by atoms with Gasteiger partial charge >= 0.3 is 24.3 Å². The van der Waals surface area contributed by atoms with Crippen molar-refractivity contribution < 1.29 is 77.4 Å². The van der Waals surface area contributed by atoms with Gasteiger partial charge in [0.15, 0.2) is 11.2 Å². The Balaban J connectivity index is 3.08. The Hall–Kier alpha value is -2.57. The molecule has 0 fully saturated rings. The first-order valence-electron chi connectivity index (χ1n) is 9.38. The summed E-state index contributed by atoms with van der Waals surface area (Å²) >= 11 is 0. The van der Waals surface area contributed by atoms with E-state index in [0.717, 1.165) is 0 Å². The minimum atomic E-state index is -5.43. The molecule has 0 aliphatic carbocycles. The minimum Gasteiger partial charge on any atom is -0.462 e. The Morgan fingerprint density at radius 1 is 0.750 bits per heavy atom. The number of hydrogen-bond acceptors (Lipinski definition) is 8. The van der Waals surface area contributed by atoms with E-state index in [4.69, 9.17) is 0 Å². The van der Waals surface area contributed by atoms with Crippen molar-refractivity contribution in [3.63, 3.8) is 0 Å². The van der Waals surface area contributed by atoms with E-state index in [9.17, 15) is 67.9 Å². The Morgan fingerprint density at radius 3 is 1.33 bits per heavy atom. The van der Waals surface area contributed by atoms with Crippen LogP contribution in [-0.2, 0) is 19.6 Å². The average Bonchev–Trinajstić information content (AvgIpc) is 2.76. The second kappa shape index (κ2) is 11.2. The Kier molecular flexibility index (Phi) is 9.81. The van der Waals surface area contributed by atoms with Gasteiger partial charge in [-0.15, -0.1) is 0 Å². The van der Waals surface area contributed by atoms with Crippen LogP contribution >= 0.6 is 0 Å². The Bertz CT molecular complexity index is 993. The quantitative estimate of drug-likeness (QED) is 0.210. The summed E-state index contributed by atoms with van der Waals surface area (Å²) in [6.07, 6.45) is -13.8. The summed E-state index contributed by atoms with van der Waals surface area (Å²) in [7, 11) is -5.14. The molecular weight excluding hydrogens is 544 g/mol. The highest BCUT2D eigenvalue weighted by Crippen LogP contribution is 2.34. The van der Waals surface area contributed by atoms with Crippen LogP contribution in [0.25, 0.3) is 0 Å². The average molecular weight is 562 g/mol. The molecule has 2 unspecified atom stereocenters. The predicted octanol–water partition coefficient (Wildman–Crippen LogP) is 2.55. The molecule has 0 aromatic heterocycles. The zero-order valence-corrected chi connectivity index (χ0v) is 18.5. The predicted molar refractivity (Wildman–Crippen MR) is 100 cm³/mol. The van der Waals surface area contributed by atoms with Gasteiger partial charge in [-0.3, -0.25) is 4.55 Å². The summed E-state index contributed by atoms with van der Waals surface area (Å²) < 4.78 is 142. The molecule has 0 aliphatic heterocycles. The lowest BCUT2D eigenvalue weighted by molar-refractivity contribution is -0.268. The van der Waals surface area contributed by atoms with Crippen LogP contribution in [0.2, 0.25) is 0 Å². The summed E-state index contributed by atoms with van der Waals surface area (Å²) in [6.45, 7) is -7.05. The van der Waals surface area contributed by atoms with E-state index in [-0.39, 0.29) is 0 Å². The van der Waals surface area contributed by atoms with Gasteiger partial charge in [-0.25, -0.2) is 18.4 Å². The van der Waals surface area contributed by atoms with Gasteiger partial charge in [-0.05, 0) is 18.2 Å². The summed E-state index contributed by atoms with van der Waals surface area (Å²) in [4.78, 5) is 23.1. The van der Waals surface area contributed by atoms with Crippen molar-refractivity contribution in [2.75, 3.05) is 26.6 Å². The maximum Gasteiger partial charge on any atom is 0.419 e. The van der Waals surface area contributed by atoms with E-state index in [2.05, 4.69) is 9.47 Å². The fraction of sp³-hybridized carbons (Fsp3) is 0.556. The van der Waals surface area contributed by atoms with Crippen LogP contribution in [0, 0.1) is 0 Å². The van der Waals surface area contributed by atoms with E-state index >= 15 is 0 Å². The molecule has 0 aliphatic rings. The van der Waals surface area contributed by atoms with Gasteiger partial charge < -0.3 is 19.7 Å². The van der Waals surface area contributed by atoms with Crippen LogP contribution in [0.1, 0.15) is 33.6 Å². The molecule has 0 radical (unpaired) electrons. The van der Waals surface area contributed by atoms with Gasteiger partial charge in [0.25, 0.3) is 10.1 Å². The van der Waals surface area contributed by atoms with Crippen LogP contribution in [0.15, 0.2) is 23.1 Å². The molecule has 36 heavy (non-hydrogen) atoms. The summed E-state index contributed by atoms with van der Waals surface area (Å²) in [6, 6.07) is 1.34. The number of benzene rings is 1. The van der Waals surface area contributed by atoms with E-state index in [1.807, 2.05) is 0 Å². The Labute approximate surface area is 197 Å². The first-order valence-corrected chi connectivity index (χ1v) is 10.8. The van der Waals surface area contributed by atoms with Crippen LogP contribution in [0.4, 0.5) is 35.1 Å². The third-order valence-electron chi connectivity index (χ3n) is 4.67. The van der Waals surface area contributed by atoms with Crippen LogP contribution < -0.4 is 0 Å². The molecule has 2 atom stereocenters. The molecule has 9 nitrogen and oxygen atoms in total. The first kappa shape index (κ1) is 31.5. The van der Waals surface area contributed by atoms with E-state index < -0.39 is 101 Å². The van der Waals surface area contributed by atoms with Crippen LogP contribution in [0.3, 0.4) is 0 Å². The highest BCUT2D eigenvalue weighted by Gasteiger charge is 2.54. The lowest BCUT2D eigenvalue weighted by Gasteiger charge is -2.27. The second-order valence-corrected chi connectivity index (χ2v) is 8.74. The van der Waals surface area contributed by atoms with Crippen molar-refractivity contribution in [2.24, 2.45) is 0 Å². The van der Waals surface area contributed by atoms with Gasteiger partial charge in [0.2, 0.25) is 0 Å². The monoisotopic (exact) mass is 562 g/mol. The van der Waals surface area contributed by atoms with Crippen molar-refractivity contribution in [3.8, 4) is 0 Å². The fourth-order valence-corrected chi connectivity index (χ4v) is 2.90. The van der Waals surface area contributed by atoms with E-state index in [1.165, 1.54) is 0 Å². The molecule has 0 heterocycles. The normalized spacial score (nSPS) is 16.1. The lowest BCUT2D eigenvalue weighted by atomic mass is 10.0. The van der Waals surface area contributed by atoms with Gasteiger partial charge in [0, 0.05) is 12.8 Å². The number of esters is 2. The molecular formula is C18H18F8O9S. The molecule has 1 aromatic rings. The molecule has 1 aromatic carbocycles. The maximum absolute atomic E-state index is 12.7. The number of aliphatic hydroxyl groups is 2. The third kappa shape index (κ3) is 7.71. The topological polar surface area (TPSA) is 147 Å². The number of halogens is 8. The Morgan fingerprint density at radius 2 is 1.08 bits per heavy atom. The summed E-state index contributed by atoms with van der Waals surface area (Å²) in [5.41, 5.74) is -9.50. The van der Waals surface area contributed by atoms with Crippen molar-refractivity contribution in [3.05, 3.63) is 29.3 Å². The number of carbonyl (C=O) groups is 2. The number of carbonyl (C=O) groups excluding carboxylic acids is 2. The fourth-order valence-electron chi connectivity index (χ4n) is 2.34. The zero-order chi connectivity index (χ0) is 28.2. The highest BCUT2D eigenvalue weighted by atomic mass is 32.2. The number of alkyl halides is 8. The number of rotatable bonds is 11. The smallest absolute Gasteiger partial charge is 0.419 e. The van der Waals surface area contributed by atoms with Crippen molar-refractivity contribution in [1.29, 1.82) is 0 Å². The molecule has 1 rings (SSSR count). The van der Waals surface area contributed by atoms with Gasteiger partial charge in [-0.1, -0.05) is 0 Å². The maximum atomic E-state index is 12.7. The zero-order valence-electron chi connectivity index (χ0n) is 17.7. The molecule has 0 bridgehead atoms. The second-order valence-electron chi connectivity index (χ2n) is 7.32. The standard InChI is InChI=1S/C18H18F8O9S/c19-8-15(29,17(21,22)23)1-3-34-13(27)10-5-11(7-12(6-10)36(31,32)33)14(28)35-4-2-16(30,9-20)18(24,25)26/h5-7,29-30H,1-4,8-9H2,(H,31,32,33). The molecule has 18 heteroatoms. The molecule has 0 saturated heterocycles. The minimum absolute atomic E-state index is 0.408.